The molecule has 1 aromatic rings. The zero-order valence-electron chi connectivity index (χ0n) is 29.1. The number of ether oxygens (including phenoxy) is 3. The van der Waals surface area contributed by atoms with Gasteiger partial charge < -0.3 is 38.4 Å². The van der Waals surface area contributed by atoms with Gasteiger partial charge in [0.15, 0.2) is 11.5 Å². The zero-order valence-corrected chi connectivity index (χ0v) is 33.2. The second kappa shape index (κ2) is 20.1. The van der Waals surface area contributed by atoms with Gasteiger partial charge in [-0.1, -0.05) is 13.8 Å². The predicted molar refractivity (Wildman–Crippen MR) is 192 cm³/mol. The van der Waals surface area contributed by atoms with Crippen LogP contribution in [0.5, 0.6) is 11.5 Å². The number of aliphatic hydroxyl groups excluding tert-OH is 2. The summed E-state index contributed by atoms with van der Waals surface area (Å²) in [7, 11) is -2.32. The molecule has 0 bridgehead atoms. The van der Waals surface area contributed by atoms with Crippen LogP contribution in [0.2, 0.25) is 0 Å². The fourth-order valence-electron chi connectivity index (χ4n) is 7.33. The minimum absolute atomic E-state index is 0.0182. The molecule has 5 rings (SSSR count). The second-order valence-corrected chi connectivity index (χ2v) is 17.9. The van der Waals surface area contributed by atoms with Crippen LogP contribution in [-0.4, -0.2) is 110 Å². The molecule has 288 valence electrons. The van der Waals surface area contributed by atoms with Gasteiger partial charge in [-0.2, -0.15) is 0 Å². The van der Waals surface area contributed by atoms with E-state index in [9.17, 15) is 29.0 Å². The lowest BCUT2D eigenvalue weighted by molar-refractivity contribution is -0.142. The van der Waals surface area contributed by atoms with Crippen molar-refractivity contribution in [3.05, 3.63) is 23.3 Å². The molecular formula is C31H52Cl3N3O11P2. The summed E-state index contributed by atoms with van der Waals surface area (Å²) in [5, 5.41) is 25.4. The summed E-state index contributed by atoms with van der Waals surface area (Å²) in [6.07, 6.45) is 1.05. The molecule has 1 saturated heterocycles. The maximum Gasteiger partial charge on any atom is 0.405 e. The lowest BCUT2D eigenvalue weighted by atomic mass is 9.57. The number of hydrogen-bond donors (Lipinski definition) is 5. The van der Waals surface area contributed by atoms with E-state index in [1.54, 1.807) is 7.05 Å². The Morgan fingerprint density at radius 1 is 0.960 bits per heavy atom. The van der Waals surface area contributed by atoms with Crippen molar-refractivity contribution in [2.75, 3.05) is 78.5 Å². The summed E-state index contributed by atoms with van der Waals surface area (Å²) in [4.78, 5) is 22.0. The Kier molecular flexibility index (Phi) is 17.6. The lowest BCUT2D eigenvalue weighted by Gasteiger charge is -2.46. The molecule has 2 aliphatic heterocycles. The first-order valence-corrected chi connectivity index (χ1v) is 21.3. The van der Waals surface area contributed by atoms with Crippen LogP contribution in [0.15, 0.2) is 12.1 Å². The molecule has 4 aliphatic rings. The lowest BCUT2D eigenvalue weighted by Crippen LogP contribution is -2.43. The molecule has 2 aliphatic carbocycles. The van der Waals surface area contributed by atoms with E-state index >= 15 is 0 Å². The molecule has 1 aromatic carbocycles. The Hall–Kier alpha value is -0.700. The number of rotatable bonds is 13. The molecule has 0 aromatic heterocycles. The third-order valence-corrected chi connectivity index (χ3v) is 13.8. The van der Waals surface area contributed by atoms with Crippen LogP contribution in [0, 0.1) is 29.6 Å². The highest BCUT2D eigenvalue weighted by molar-refractivity contribution is 7.54. The Balaban J connectivity index is 0.000000256. The van der Waals surface area contributed by atoms with Crippen LogP contribution >= 0.6 is 50.2 Å². The largest absolute Gasteiger partial charge is 0.465 e. The molecule has 10 unspecified atom stereocenters. The van der Waals surface area contributed by atoms with Gasteiger partial charge in [-0.15, -0.1) is 34.8 Å². The predicted octanol–water partition coefficient (Wildman–Crippen LogP) is 4.72. The maximum atomic E-state index is 12.8. The highest BCUT2D eigenvalue weighted by Gasteiger charge is 2.54. The minimum atomic E-state index is -3.65. The number of benzene rings is 1. The summed E-state index contributed by atoms with van der Waals surface area (Å²) < 4.78 is 49.5. The van der Waals surface area contributed by atoms with Gasteiger partial charge in [-0.05, 0) is 60.9 Å². The second-order valence-electron chi connectivity index (χ2n) is 12.7. The van der Waals surface area contributed by atoms with E-state index in [4.69, 9.17) is 49.0 Å². The number of carbonyl (C=O) groups excluding carboxylic acids is 1. The van der Waals surface area contributed by atoms with Crippen molar-refractivity contribution in [3.8, 4) is 11.5 Å². The molecule has 19 heteroatoms. The van der Waals surface area contributed by atoms with Crippen LogP contribution in [0.25, 0.3) is 0 Å². The van der Waals surface area contributed by atoms with Gasteiger partial charge in [0, 0.05) is 75.9 Å². The minimum Gasteiger partial charge on any atom is -0.465 e. The van der Waals surface area contributed by atoms with E-state index < -0.39 is 21.5 Å². The molecule has 1 saturated carbocycles. The highest BCUT2D eigenvalue weighted by Crippen LogP contribution is 2.57. The molecule has 0 radical (unpaired) electrons. The summed E-state index contributed by atoms with van der Waals surface area (Å²) >= 11 is 16.2. The molecule has 14 nitrogen and oxygen atoms in total. The van der Waals surface area contributed by atoms with Crippen LogP contribution in [0.1, 0.15) is 49.7 Å². The standard InChI is InChI=1S/C22H28O6.C5H12Cl2NO3P.C4H12ClN2O2P/c1-10-3-12(4-13(7-23)21(10)24)19-15-6-18-17(27-9-28-18)5-14(15)11(2)16-8-26-22(25)20(16)19;1-11-12(9,10)8(4-2-6)5-3-7;1-6-10(8,9-2)7-4-3-5/h5-6,10-13,16,19-21,23-24H,3-4,7-9H2,1-2H3;2-5H2,1H3,(H,9,10);3-4H2,1-2H3,(H2,6,7,8). The summed E-state index contributed by atoms with van der Waals surface area (Å²) in [6, 6.07) is 4.14. The van der Waals surface area contributed by atoms with E-state index in [1.807, 2.05) is 6.92 Å². The number of aliphatic hydroxyl groups is 2. The molecule has 0 amide bonds. The quantitative estimate of drug-likeness (QED) is 0.105. The number of cyclic esters (lactones) is 1. The number of nitrogens with one attached hydrogen (secondary N) is 2. The van der Waals surface area contributed by atoms with Crippen LogP contribution < -0.4 is 19.6 Å². The van der Waals surface area contributed by atoms with E-state index in [0.29, 0.717) is 25.5 Å². The molecule has 50 heavy (non-hydrogen) atoms. The fraction of sp³-hybridized carbons (Fsp3) is 0.774. The normalized spacial score (nSPS) is 30.4. The van der Waals surface area contributed by atoms with Gasteiger partial charge in [-0.3, -0.25) is 9.36 Å². The molecule has 5 N–H and O–H groups in total. The monoisotopic (exact) mass is 809 g/mol. The highest BCUT2D eigenvalue weighted by atomic mass is 35.5. The fourth-order valence-corrected chi connectivity index (χ4v) is 10.0. The van der Waals surface area contributed by atoms with E-state index in [0.717, 1.165) is 23.5 Å². The molecule has 2 heterocycles. The Labute approximate surface area is 309 Å². The third-order valence-electron chi connectivity index (χ3n) is 9.94. The topological polar surface area (TPSA) is 185 Å². The number of alkyl halides is 3. The third kappa shape index (κ3) is 10.5. The van der Waals surface area contributed by atoms with Gasteiger partial charge in [0.05, 0.1) is 18.6 Å². The number of fused-ring (bicyclic) bond motifs is 3. The Morgan fingerprint density at radius 3 is 2.10 bits per heavy atom. The molecular weight excluding hydrogens is 759 g/mol. The van der Waals surface area contributed by atoms with Crippen molar-refractivity contribution in [1.29, 1.82) is 0 Å². The van der Waals surface area contributed by atoms with Crippen molar-refractivity contribution in [1.82, 2.24) is 14.8 Å². The van der Waals surface area contributed by atoms with E-state index in [-0.39, 0.29) is 85.6 Å². The number of carbonyl (C=O) groups is 1. The molecule has 2 fully saturated rings. The Morgan fingerprint density at radius 2 is 1.58 bits per heavy atom. The van der Waals surface area contributed by atoms with Crippen LogP contribution in [-0.2, 0) is 27.7 Å². The van der Waals surface area contributed by atoms with Gasteiger partial charge >= 0.3 is 21.4 Å². The molecule has 0 spiro atoms. The summed E-state index contributed by atoms with van der Waals surface area (Å²) in [6.45, 7) is 5.91. The van der Waals surface area contributed by atoms with E-state index in [1.165, 1.54) is 24.5 Å². The first kappa shape index (κ1) is 43.7. The number of halogens is 3. The summed E-state index contributed by atoms with van der Waals surface area (Å²) in [5.41, 5.74) is 2.37. The number of nitrogens with zero attached hydrogens (tertiary/aromatic N) is 1. The van der Waals surface area contributed by atoms with Crippen LogP contribution in [0.3, 0.4) is 0 Å². The average Bonchev–Trinajstić information content (AvgIpc) is 3.74. The van der Waals surface area contributed by atoms with Crippen molar-refractivity contribution in [2.24, 2.45) is 29.6 Å². The van der Waals surface area contributed by atoms with Crippen molar-refractivity contribution >= 4 is 56.2 Å². The first-order valence-electron chi connectivity index (χ1n) is 16.6. The van der Waals surface area contributed by atoms with Gasteiger partial charge in [0.1, 0.15) is 0 Å². The average molecular weight is 811 g/mol. The number of hydrogen-bond acceptors (Lipinski definition) is 10. The van der Waals surface area contributed by atoms with Crippen molar-refractivity contribution < 1.29 is 52.3 Å². The van der Waals surface area contributed by atoms with Gasteiger partial charge in [0.25, 0.3) is 0 Å². The van der Waals surface area contributed by atoms with Crippen molar-refractivity contribution in [2.45, 2.75) is 44.6 Å². The van der Waals surface area contributed by atoms with Crippen molar-refractivity contribution in [3.63, 3.8) is 0 Å². The van der Waals surface area contributed by atoms with Crippen LogP contribution in [0.4, 0.5) is 0 Å². The van der Waals surface area contributed by atoms with Gasteiger partial charge in [0.2, 0.25) is 6.79 Å². The SMILES string of the molecule is CC1CC(C2c3cc4c(cc3C(C)C3COC(=O)C32)OCO4)CC(CO)C1O.CNP(=O)(NCCCl)OC.COP(=O)(O)N(CCCl)CCCl. The maximum absolute atomic E-state index is 12.8. The molecule has 10 atom stereocenters. The smallest absolute Gasteiger partial charge is 0.405 e. The first-order chi connectivity index (χ1) is 23.8. The summed E-state index contributed by atoms with van der Waals surface area (Å²) in [5.74, 6) is 2.70. The zero-order chi connectivity index (χ0) is 37.2. The Bertz CT molecular complexity index is 1340. The number of esters is 1. The van der Waals surface area contributed by atoms with E-state index in [2.05, 4.69) is 38.3 Å². The van der Waals surface area contributed by atoms with Gasteiger partial charge in [-0.25, -0.2) is 19.4 Å².